The van der Waals surface area contributed by atoms with Crippen molar-refractivity contribution in [2.45, 2.75) is 38.6 Å². The molecule has 1 rings (SSSR count). The lowest BCUT2D eigenvalue weighted by Crippen LogP contribution is -2.17. The molecule has 0 saturated carbocycles. The average Bonchev–Trinajstić information content (AvgIpc) is 2.26. The second-order valence-electron chi connectivity index (χ2n) is 4.00. The maximum absolute atomic E-state index is 13.5. The summed E-state index contributed by atoms with van der Waals surface area (Å²) >= 11 is 0. The van der Waals surface area contributed by atoms with E-state index in [2.05, 4.69) is 12.2 Å². The summed E-state index contributed by atoms with van der Waals surface area (Å²) in [5, 5.41) is 3.08. The number of unbranched alkanes of at least 4 members (excludes halogenated alkanes) is 2. The molecule has 0 saturated heterocycles. The first-order chi connectivity index (χ1) is 7.69. The topological polar surface area (TPSA) is 12.0 Å². The summed E-state index contributed by atoms with van der Waals surface area (Å²) in [7, 11) is 1.80. The Hall–Kier alpha value is -0.960. The van der Waals surface area contributed by atoms with Crippen LogP contribution in [0.2, 0.25) is 0 Å². The lowest BCUT2D eigenvalue weighted by atomic mass is 10.00. The zero-order chi connectivity index (χ0) is 12.0. The Labute approximate surface area is 95.9 Å². The molecule has 1 N–H and O–H groups in total. The van der Waals surface area contributed by atoms with E-state index in [0.717, 1.165) is 31.7 Å². The zero-order valence-electron chi connectivity index (χ0n) is 9.89. The van der Waals surface area contributed by atoms with E-state index in [0.29, 0.717) is 5.56 Å². The lowest BCUT2D eigenvalue weighted by molar-refractivity contribution is 0.480. The van der Waals surface area contributed by atoms with Crippen molar-refractivity contribution in [2.24, 2.45) is 0 Å². The number of halogens is 2. The summed E-state index contributed by atoms with van der Waals surface area (Å²) in [4.78, 5) is 0. The van der Waals surface area contributed by atoms with Crippen LogP contribution in [0.15, 0.2) is 18.2 Å². The van der Waals surface area contributed by atoms with Crippen LogP contribution < -0.4 is 5.32 Å². The monoisotopic (exact) mass is 227 g/mol. The molecule has 1 aromatic carbocycles. The predicted octanol–water partition coefficient (Wildman–Crippen LogP) is 3.81. The SMILES string of the molecule is CCCCCC(NC)c1ccc(F)cc1F. The van der Waals surface area contributed by atoms with Crippen molar-refractivity contribution in [3.63, 3.8) is 0 Å². The molecule has 0 radical (unpaired) electrons. The van der Waals surface area contributed by atoms with Crippen LogP contribution in [-0.4, -0.2) is 7.05 Å². The van der Waals surface area contributed by atoms with Crippen molar-refractivity contribution >= 4 is 0 Å². The van der Waals surface area contributed by atoms with Gasteiger partial charge in [0.15, 0.2) is 0 Å². The fraction of sp³-hybridized carbons (Fsp3) is 0.538. The minimum Gasteiger partial charge on any atom is -0.313 e. The molecule has 0 aliphatic rings. The van der Waals surface area contributed by atoms with Gasteiger partial charge < -0.3 is 5.32 Å². The van der Waals surface area contributed by atoms with Crippen molar-refractivity contribution in [1.29, 1.82) is 0 Å². The van der Waals surface area contributed by atoms with Gasteiger partial charge in [0.05, 0.1) is 0 Å². The molecule has 0 bridgehead atoms. The fourth-order valence-corrected chi connectivity index (χ4v) is 1.84. The van der Waals surface area contributed by atoms with Gasteiger partial charge in [0.1, 0.15) is 11.6 Å². The van der Waals surface area contributed by atoms with Gasteiger partial charge in [-0.25, -0.2) is 8.78 Å². The summed E-state index contributed by atoms with van der Waals surface area (Å²) in [6, 6.07) is 3.76. The van der Waals surface area contributed by atoms with Crippen LogP contribution in [0.3, 0.4) is 0 Å². The van der Waals surface area contributed by atoms with Gasteiger partial charge in [-0.05, 0) is 19.5 Å². The molecule has 16 heavy (non-hydrogen) atoms. The highest BCUT2D eigenvalue weighted by Crippen LogP contribution is 2.22. The highest BCUT2D eigenvalue weighted by atomic mass is 19.1. The number of nitrogens with one attached hydrogen (secondary N) is 1. The Balaban J connectivity index is 2.70. The minimum atomic E-state index is -0.523. The molecule has 0 heterocycles. The third-order valence-electron chi connectivity index (χ3n) is 2.78. The van der Waals surface area contributed by atoms with Crippen LogP contribution in [0.1, 0.15) is 44.2 Å². The molecule has 0 aliphatic heterocycles. The largest absolute Gasteiger partial charge is 0.313 e. The fourth-order valence-electron chi connectivity index (χ4n) is 1.84. The Morgan fingerprint density at radius 2 is 2.00 bits per heavy atom. The Bertz CT molecular complexity index is 326. The van der Waals surface area contributed by atoms with Crippen LogP contribution in [0, 0.1) is 11.6 Å². The summed E-state index contributed by atoms with van der Waals surface area (Å²) in [5.41, 5.74) is 0.556. The Morgan fingerprint density at radius 1 is 1.25 bits per heavy atom. The molecule has 0 spiro atoms. The molecular formula is C13H19F2N. The summed E-state index contributed by atoms with van der Waals surface area (Å²) < 4.78 is 26.3. The van der Waals surface area contributed by atoms with E-state index in [9.17, 15) is 8.78 Å². The smallest absolute Gasteiger partial charge is 0.130 e. The Kier molecular flexibility index (Phi) is 5.39. The van der Waals surface area contributed by atoms with Crippen molar-refractivity contribution in [3.05, 3.63) is 35.4 Å². The average molecular weight is 227 g/mol. The normalized spacial score (nSPS) is 12.8. The minimum absolute atomic E-state index is 0.0212. The standard InChI is InChI=1S/C13H19F2N/c1-3-4-5-6-13(16-2)11-8-7-10(14)9-12(11)15/h7-9,13,16H,3-6H2,1-2H3. The van der Waals surface area contributed by atoms with Gasteiger partial charge in [-0.2, -0.15) is 0 Å². The van der Waals surface area contributed by atoms with Crippen LogP contribution in [0.4, 0.5) is 8.78 Å². The van der Waals surface area contributed by atoms with Gasteiger partial charge in [-0.15, -0.1) is 0 Å². The van der Waals surface area contributed by atoms with E-state index in [4.69, 9.17) is 0 Å². The van der Waals surface area contributed by atoms with Crippen molar-refractivity contribution < 1.29 is 8.78 Å². The quantitative estimate of drug-likeness (QED) is 0.729. The molecular weight excluding hydrogens is 208 g/mol. The number of hydrogen-bond acceptors (Lipinski definition) is 1. The maximum atomic E-state index is 13.5. The lowest BCUT2D eigenvalue weighted by Gasteiger charge is -2.17. The molecule has 0 aliphatic carbocycles. The van der Waals surface area contributed by atoms with Crippen LogP contribution in [0.25, 0.3) is 0 Å². The van der Waals surface area contributed by atoms with Crippen molar-refractivity contribution in [3.8, 4) is 0 Å². The van der Waals surface area contributed by atoms with E-state index >= 15 is 0 Å². The van der Waals surface area contributed by atoms with E-state index < -0.39 is 11.6 Å². The maximum Gasteiger partial charge on any atom is 0.130 e. The van der Waals surface area contributed by atoms with E-state index in [1.807, 2.05) is 0 Å². The number of rotatable bonds is 6. The van der Waals surface area contributed by atoms with Crippen LogP contribution in [0.5, 0.6) is 0 Å². The predicted molar refractivity (Wildman–Crippen MR) is 62.3 cm³/mol. The first-order valence-electron chi connectivity index (χ1n) is 5.81. The molecule has 3 heteroatoms. The number of hydrogen-bond donors (Lipinski definition) is 1. The summed E-state index contributed by atoms with van der Waals surface area (Å²) in [5.74, 6) is -0.986. The van der Waals surface area contributed by atoms with E-state index in [-0.39, 0.29) is 6.04 Å². The van der Waals surface area contributed by atoms with Gasteiger partial charge >= 0.3 is 0 Å². The van der Waals surface area contributed by atoms with Gasteiger partial charge in [0, 0.05) is 17.7 Å². The van der Waals surface area contributed by atoms with Gasteiger partial charge in [0.25, 0.3) is 0 Å². The molecule has 1 nitrogen and oxygen atoms in total. The molecule has 0 amide bonds. The second kappa shape index (κ2) is 6.59. The van der Waals surface area contributed by atoms with Gasteiger partial charge in [-0.1, -0.05) is 32.3 Å². The van der Waals surface area contributed by atoms with E-state index in [1.165, 1.54) is 12.1 Å². The second-order valence-corrected chi connectivity index (χ2v) is 4.00. The van der Waals surface area contributed by atoms with Crippen molar-refractivity contribution in [2.75, 3.05) is 7.05 Å². The summed E-state index contributed by atoms with van der Waals surface area (Å²) in [6.45, 7) is 2.13. The third kappa shape index (κ3) is 3.56. The van der Waals surface area contributed by atoms with E-state index in [1.54, 1.807) is 7.05 Å². The highest BCUT2D eigenvalue weighted by molar-refractivity contribution is 5.22. The highest BCUT2D eigenvalue weighted by Gasteiger charge is 2.13. The van der Waals surface area contributed by atoms with Crippen LogP contribution >= 0.6 is 0 Å². The summed E-state index contributed by atoms with van der Waals surface area (Å²) in [6.07, 6.45) is 4.22. The first-order valence-corrected chi connectivity index (χ1v) is 5.81. The molecule has 0 aromatic heterocycles. The van der Waals surface area contributed by atoms with Crippen molar-refractivity contribution in [1.82, 2.24) is 5.32 Å². The molecule has 1 atom stereocenters. The molecule has 90 valence electrons. The Morgan fingerprint density at radius 3 is 2.56 bits per heavy atom. The zero-order valence-corrected chi connectivity index (χ0v) is 9.89. The van der Waals surface area contributed by atoms with Gasteiger partial charge in [0.2, 0.25) is 0 Å². The number of benzene rings is 1. The van der Waals surface area contributed by atoms with Crippen LogP contribution in [-0.2, 0) is 0 Å². The third-order valence-corrected chi connectivity index (χ3v) is 2.78. The molecule has 1 unspecified atom stereocenters. The molecule has 0 fully saturated rings. The van der Waals surface area contributed by atoms with Gasteiger partial charge in [-0.3, -0.25) is 0 Å². The molecule has 1 aromatic rings. The first kappa shape index (κ1) is 13.1.